The van der Waals surface area contributed by atoms with Crippen molar-refractivity contribution >= 4 is 27.9 Å². The molecular weight excluding hydrogens is 384 g/mol. The first kappa shape index (κ1) is 18.2. The van der Waals surface area contributed by atoms with Crippen LogP contribution in [0.5, 0.6) is 0 Å². The van der Waals surface area contributed by atoms with Gasteiger partial charge in [0.05, 0.1) is 5.54 Å². The molecular formula is C19H25BrN2O3. The van der Waals surface area contributed by atoms with Gasteiger partial charge in [0.25, 0.3) is 5.91 Å². The van der Waals surface area contributed by atoms with Crippen LogP contribution >= 0.6 is 15.9 Å². The van der Waals surface area contributed by atoms with Gasteiger partial charge in [0.1, 0.15) is 5.60 Å². The molecule has 1 aliphatic carbocycles. The number of carbonyl (C=O) groups is 2. The van der Waals surface area contributed by atoms with E-state index in [1.807, 2.05) is 50.8 Å². The number of hydrogen-bond donors (Lipinski definition) is 0. The number of benzene rings is 1. The summed E-state index contributed by atoms with van der Waals surface area (Å²) in [6.07, 6.45) is 1.59. The SMILES string of the molecule is Cc1cc(Br)ccc1C(=O)N1CCN(C(=O)OC(C)(C)C)CC12CC2. The molecule has 5 nitrogen and oxygen atoms in total. The van der Waals surface area contributed by atoms with E-state index in [0.717, 1.165) is 28.4 Å². The molecule has 136 valence electrons. The number of ether oxygens (including phenoxy) is 1. The average Bonchev–Trinajstić information content (AvgIpc) is 3.24. The maximum Gasteiger partial charge on any atom is 0.410 e. The van der Waals surface area contributed by atoms with E-state index in [4.69, 9.17) is 4.74 Å². The van der Waals surface area contributed by atoms with Crippen molar-refractivity contribution in [1.82, 2.24) is 9.80 Å². The first-order chi connectivity index (χ1) is 11.6. The van der Waals surface area contributed by atoms with Crippen molar-refractivity contribution in [2.24, 2.45) is 0 Å². The summed E-state index contributed by atoms with van der Waals surface area (Å²) in [5.74, 6) is 0.0614. The first-order valence-corrected chi connectivity index (χ1v) is 9.47. The summed E-state index contributed by atoms with van der Waals surface area (Å²) in [6.45, 7) is 9.18. The third kappa shape index (κ3) is 3.84. The Labute approximate surface area is 157 Å². The molecule has 0 unspecified atom stereocenters. The minimum absolute atomic E-state index is 0.0614. The summed E-state index contributed by atoms with van der Waals surface area (Å²) < 4.78 is 6.46. The van der Waals surface area contributed by atoms with E-state index < -0.39 is 5.60 Å². The van der Waals surface area contributed by atoms with Gasteiger partial charge in [-0.05, 0) is 64.3 Å². The topological polar surface area (TPSA) is 49.9 Å². The number of nitrogens with zero attached hydrogens (tertiary/aromatic N) is 2. The van der Waals surface area contributed by atoms with Crippen molar-refractivity contribution in [1.29, 1.82) is 0 Å². The molecule has 1 aromatic rings. The third-order valence-corrected chi connectivity index (χ3v) is 5.29. The van der Waals surface area contributed by atoms with Gasteiger partial charge in [-0.3, -0.25) is 4.79 Å². The van der Waals surface area contributed by atoms with E-state index >= 15 is 0 Å². The monoisotopic (exact) mass is 408 g/mol. The van der Waals surface area contributed by atoms with Gasteiger partial charge in [-0.1, -0.05) is 15.9 Å². The van der Waals surface area contributed by atoms with E-state index in [0.29, 0.717) is 19.6 Å². The van der Waals surface area contributed by atoms with E-state index in [9.17, 15) is 9.59 Å². The Morgan fingerprint density at radius 3 is 2.44 bits per heavy atom. The Balaban J connectivity index is 1.74. The van der Waals surface area contributed by atoms with Gasteiger partial charge in [-0.15, -0.1) is 0 Å². The number of halogens is 1. The second kappa shape index (κ2) is 6.31. The van der Waals surface area contributed by atoms with Gasteiger partial charge < -0.3 is 14.5 Å². The maximum absolute atomic E-state index is 13.1. The number of rotatable bonds is 1. The van der Waals surface area contributed by atoms with Gasteiger partial charge in [-0.25, -0.2) is 4.79 Å². The highest BCUT2D eigenvalue weighted by molar-refractivity contribution is 9.10. The summed E-state index contributed by atoms with van der Waals surface area (Å²) in [4.78, 5) is 29.1. The quantitative estimate of drug-likeness (QED) is 0.705. The summed E-state index contributed by atoms with van der Waals surface area (Å²) in [5.41, 5.74) is 0.978. The van der Waals surface area contributed by atoms with Crippen molar-refractivity contribution in [3.8, 4) is 0 Å². The van der Waals surface area contributed by atoms with E-state index in [2.05, 4.69) is 15.9 Å². The molecule has 1 saturated heterocycles. The lowest BCUT2D eigenvalue weighted by Crippen LogP contribution is -2.58. The molecule has 1 spiro atoms. The van der Waals surface area contributed by atoms with E-state index in [1.54, 1.807) is 4.90 Å². The summed E-state index contributed by atoms with van der Waals surface area (Å²) >= 11 is 3.44. The van der Waals surface area contributed by atoms with E-state index in [-0.39, 0.29) is 17.5 Å². The molecule has 2 fully saturated rings. The van der Waals surface area contributed by atoms with Crippen LogP contribution in [0.2, 0.25) is 0 Å². The summed E-state index contributed by atoms with van der Waals surface area (Å²) in [5, 5.41) is 0. The predicted octanol–water partition coefficient (Wildman–Crippen LogP) is 3.98. The fraction of sp³-hybridized carbons (Fsp3) is 0.579. The average molecular weight is 409 g/mol. The van der Waals surface area contributed by atoms with Crippen LogP contribution in [0, 0.1) is 6.92 Å². The lowest BCUT2D eigenvalue weighted by Gasteiger charge is -2.42. The smallest absolute Gasteiger partial charge is 0.410 e. The van der Waals surface area contributed by atoms with Gasteiger partial charge >= 0.3 is 6.09 Å². The van der Waals surface area contributed by atoms with Crippen LogP contribution < -0.4 is 0 Å². The first-order valence-electron chi connectivity index (χ1n) is 8.67. The number of hydrogen-bond acceptors (Lipinski definition) is 3. The second-order valence-electron chi connectivity index (χ2n) is 8.04. The highest BCUT2D eigenvalue weighted by Gasteiger charge is 2.54. The standard InChI is InChI=1S/C19H25BrN2O3/c1-13-11-14(20)5-6-15(13)16(23)22-10-9-21(12-19(22)7-8-19)17(24)25-18(2,3)4/h5-6,11H,7-10,12H2,1-4H3. The molecule has 1 saturated carbocycles. The molecule has 1 aliphatic heterocycles. The van der Waals surface area contributed by atoms with Crippen LogP contribution in [0.4, 0.5) is 4.79 Å². The van der Waals surface area contributed by atoms with Crippen molar-refractivity contribution in [2.75, 3.05) is 19.6 Å². The van der Waals surface area contributed by atoms with Crippen LogP contribution in [0.15, 0.2) is 22.7 Å². The Morgan fingerprint density at radius 2 is 1.88 bits per heavy atom. The zero-order valence-electron chi connectivity index (χ0n) is 15.3. The number of amides is 2. The van der Waals surface area contributed by atoms with E-state index in [1.165, 1.54) is 0 Å². The fourth-order valence-corrected chi connectivity index (χ4v) is 3.84. The molecule has 0 N–H and O–H groups in total. The molecule has 3 rings (SSSR count). The van der Waals surface area contributed by atoms with Crippen molar-refractivity contribution in [3.05, 3.63) is 33.8 Å². The maximum atomic E-state index is 13.1. The lowest BCUT2D eigenvalue weighted by molar-refractivity contribution is 0.000613. The number of carbonyl (C=O) groups excluding carboxylic acids is 2. The Bertz CT molecular complexity index is 707. The molecule has 0 atom stereocenters. The normalized spacial score (nSPS) is 19.1. The Kier molecular flexibility index (Phi) is 4.60. The van der Waals surface area contributed by atoms with Crippen LogP contribution in [0.3, 0.4) is 0 Å². The lowest BCUT2D eigenvalue weighted by atomic mass is 10.0. The van der Waals surface area contributed by atoms with Gasteiger partial charge in [0.2, 0.25) is 0 Å². The van der Waals surface area contributed by atoms with Gasteiger partial charge in [0, 0.05) is 29.7 Å². The molecule has 0 bridgehead atoms. The highest BCUT2D eigenvalue weighted by atomic mass is 79.9. The molecule has 0 radical (unpaired) electrons. The molecule has 2 amide bonds. The molecule has 0 aromatic heterocycles. The summed E-state index contributed by atoms with van der Waals surface area (Å²) in [7, 11) is 0. The molecule has 2 aliphatic rings. The largest absolute Gasteiger partial charge is 0.444 e. The third-order valence-electron chi connectivity index (χ3n) is 4.79. The van der Waals surface area contributed by atoms with Gasteiger partial charge in [0.15, 0.2) is 0 Å². The van der Waals surface area contributed by atoms with Crippen molar-refractivity contribution < 1.29 is 14.3 Å². The Hall–Kier alpha value is -1.56. The van der Waals surface area contributed by atoms with Crippen molar-refractivity contribution in [2.45, 2.75) is 51.7 Å². The molecule has 6 heteroatoms. The predicted molar refractivity (Wildman–Crippen MR) is 99.7 cm³/mol. The molecule has 1 heterocycles. The van der Waals surface area contributed by atoms with Crippen LogP contribution in [-0.2, 0) is 4.74 Å². The van der Waals surface area contributed by atoms with Crippen LogP contribution in [0.25, 0.3) is 0 Å². The summed E-state index contributed by atoms with van der Waals surface area (Å²) in [6, 6.07) is 5.73. The highest BCUT2D eigenvalue weighted by Crippen LogP contribution is 2.45. The molecule has 25 heavy (non-hydrogen) atoms. The number of piperazine rings is 1. The minimum atomic E-state index is -0.505. The Morgan fingerprint density at radius 1 is 1.20 bits per heavy atom. The van der Waals surface area contributed by atoms with Crippen LogP contribution in [0.1, 0.15) is 49.5 Å². The molecule has 1 aromatic carbocycles. The fourth-order valence-electron chi connectivity index (χ4n) is 3.36. The zero-order chi connectivity index (χ0) is 18.4. The minimum Gasteiger partial charge on any atom is -0.444 e. The second-order valence-corrected chi connectivity index (χ2v) is 8.96. The van der Waals surface area contributed by atoms with Crippen LogP contribution in [-0.4, -0.2) is 52.6 Å². The number of aryl methyl sites for hydroxylation is 1. The van der Waals surface area contributed by atoms with Crippen molar-refractivity contribution in [3.63, 3.8) is 0 Å². The zero-order valence-corrected chi connectivity index (χ0v) is 16.9. The van der Waals surface area contributed by atoms with Gasteiger partial charge in [-0.2, -0.15) is 0 Å².